The van der Waals surface area contributed by atoms with Crippen LogP contribution in [0.25, 0.3) is 0 Å². The topological polar surface area (TPSA) is 71.3 Å². The van der Waals surface area contributed by atoms with Gasteiger partial charge >= 0.3 is 0 Å². The van der Waals surface area contributed by atoms with Crippen molar-refractivity contribution >= 4 is 37.3 Å². The molecule has 21 heavy (non-hydrogen) atoms. The fourth-order valence-electron chi connectivity index (χ4n) is 1.71. The maximum atomic E-state index is 12.1. The molecule has 2 aromatic heterocycles. The van der Waals surface area contributed by atoms with E-state index in [9.17, 15) is 8.42 Å². The predicted octanol–water partition coefficient (Wildman–Crippen LogP) is 2.73. The molecule has 0 saturated heterocycles. The number of halogens is 1. The van der Waals surface area contributed by atoms with Gasteiger partial charge in [0.25, 0.3) is 10.0 Å². The van der Waals surface area contributed by atoms with Crippen LogP contribution in [-0.2, 0) is 23.0 Å². The zero-order valence-corrected chi connectivity index (χ0v) is 14.8. The van der Waals surface area contributed by atoms with Crippen molar-refractivity contribution in [2.75, 3.05) is 13.1 Å². The Labute approximate surface area is 136 Å². The second-order valence-corrected chi connectivity index (χ2v) is 8.60. The smallest absolute Gasteiger partial charge is 0.273 e. The Kier molecular flexibility index (Phi) is 6.00. The Morgan fingerprint density at radius 2 is 2.10 bits per heavy atom. The fourth-order valence-corrected chi connectivity index (χ4v) is 4.17. The van der Waals surface area contributed by atoms with Gasteiger partial charge in [-0.2, -0.15) is 0 Å². The highest BCUT2D eigenvalue weighted by atomic mass is 79.9. The molecule has 0 aliphatic rings. The zero-order valence-electron chi connectivity index (χ0n) is 11.6. The Morgan fingerprint density at radius 3 is 2.76 bits per heavy atom. The number of sulfonamides is 1. The third-order valence-corrected chi connectivity index (χ3v) is 5.76. The third-order valence-electron chi connectivity index (χ3n) is 2.74. The van der Waals surface area contributed by atoms with Gasteiger partial charge in [0.1, 0.15) is 5.76 Å². The number of rotatable bonds is 8. The summed E-state index contributed by atoms with van der Waals surface area (Å²) in [6, 6.07) is 7.09. The molecule has 2 aromatic rings. The van der Waals surface area contributed by atoms with Crippen molar-refractivity contribution in [3.63, 3.8) is 0 Å². The minimum absolute atomic E-state index is 0.0391. The molecule has 2 heterocycles. The molecule has 0 saturated carbocycles. The zero-order chi connectivity index (χ0) is 15.3. The Morgan fingerprint density at radius 1 is 1.29 bits per heavy atom. The molecule has 0 aliphatic heterocycles. The van der Waals surface area contributed by atoms with Crippen LogP contribution in [0.4, 0.5) is 0 Å². The fraction of sp³-hybridized carbons (Fsp3) is 0.385. The van der Waals surface area contributed by atoms with Gasteiger partial charge in [0.05, 0.1) is 10.3 Å². The maximum absolute atomic E-state index is 12.1. The first-order valence-electron chi connectivity index (χ1n) is 6.54. The second kappa shape index (κ2) is 7.55. The summed E-state index contributed by atoms with van der Waals surface area (Å²) in [5.74, 6) is 0.611. The average molecular weight is 393 g/mol. The van der Waals surface area contributed by atoms with Gasteiger partial charge in [0, 0.05) is 11.4 Å². The van der Waals surface area contributed by atoms with Crippen molar-refractivity contribution in [1.82, 2.24) is 10.0 Å². The lowest BCUT2D eigenvalue weighted by Gasteiger charge is -2.03. The number of nitrogens with one attached hydrogen (secondary N) is 2. The lowest BCUT2D eigenvalue weighted by atomic mass is 10.3. The first kappa shape index (κ1) is 16.7. The molecular formula is C13H17BrN2O3S2. The molecule has 0 bridgehead atoms. The lowest BCUT2D eigenvalue weighted by Crippen LogP contribution is -2.25. The molecule has 0 amide bonds. The molecule has 2 rings (SSSR count). The van der Waals surface area contributed by atoms with Crippen LogP contribution >= 0.6 is 27.3 Å². The maximum Gasteiger partial charge on any atom is 0.273 e. The molecule has 0 fully saturated rings. The summed E-state index contributed by atoms with van der Waals surface area (Å²) in [7, 11) is -3.58. The van der Waals surface area contributed by atoms with E-state index in [2.05, 4.69) is 26.0 Å². The highest BCUT2D eigenvalue weighted by Gasteiger charge is 2.18. The van der Waals surface area contributed by atoms with E-state index < -0.39 is 10.0 Å². The van der Waals surface area contributed by atoms with Crippen LogP contribution in [0.15, 0.2) is 37.6 Å². The number of hydrogen-bond donors (Lipinski definition) is 2. The van der Waals surface area contributed by atoms with Gasteiger partial charge in [-0.25, -0.2) is 13.1 Å². The van der Waals surface area contributed by atoms with Gasteiger partial charge in [-0.05, 0) is 53.2 Å². The van der Waals surface area contributed by atoms with Gasteiger partial charge in [-0.15, -0.1) is 11.3 Å². The standard InChI is InChI=1S/C13H17BrN2O3S2/c1-2-15-9-10-3-6-13(19-10)21(17,18)16-8-7-11-4-5-12(14)20-11/h3-6,15-16H,2,7-9H2,1H3. The minimum atomic E-state index is -3.58. The number of hydrogen-bond acceptors (Lipinski definition) is 5. The summed E-state index contributed by atoms with van der Waals surface area (Å²) >= 11 is 4.98. The molecule has 5 nitrogen and oxygen atoms in total. The van der Waals surface area contributed by atoms with Gasteiger partial charge in [-0.1, -0.05) is 6.92 Å². The third kappa shape index (κ3) is 4.93. The molecule has 0 unspecified atom stereocenters. The van der Waals surface area contributed by atoms with E-state index >= 15 is 0 Å². The molecule has 0 aliphatic carbocycles. The summed E-state index contributed by atoms with van der Waals surface area (Å²) < 4.78 is 33.1. The van der Waals surface area contributed by atoms with Crippen LogP contribution in [0.3, 0.4) is 0 Å². The van der Waals surface area contributed by atoms with Gasteiger partial charge in [0.2, 0.25) is 5.09 Å². The summed E-state index contributed by atoms with van der Waals surface area (Å²) in [5, 5.41) is 3.05. The molecule has 8 heteroatoms. The van der Waals surface area contributed by atoms with Crippen LogP contribution in [0.1, 0.15) is 17.6 Å². The monoisotopic (exact) mass is 392 g/mol. The summed E-state index contributed by atoms with van der Waals surface area (Å²) in [4.78, 5) is 1.12. The molecule has 116 valence electrons. The Bertz CT molecular complexity index is 679. The Hall–Kier alpha value is -0.670. The van der Waals surface area contributed by atoms with Crippen molar-refractivity contribution in [3.8, 4) is 0 Å². The molecule has 0 atom stereocenters. The van der Waals surface area contributed by atoms with E-state index in [1.807, 2.05) is 19.1 Å². The van der Waals surface area contributed by atoms with Crippen LogP contribution in [0.5, 0.6) is 0 Å². The van der Waals surface area contributed by atoms with Crippen molar-refractivity contribution in [1.29, 1.82) is 0 Å². The van der Waals surface area contributed by atoms with Crippen LogP contribution in [0.2, 0.25) is 0 Å². The van der Waals surface area contributed by atoms with Crippen LogP contribution in [0, 0.1) is 0 Å². The summed E-state index contributed by atoms with van der Waals surface area (Å²) in [6.45, 7) is 3.65. The van der Waals surface area contributed by atoms with Crippen molar-refractivity contribution in [3.05, 3.63) is 38.7 Å². The SMILES string of the molecule is CCNCc1ccc(S(=O)(=O)NCCc2ccc(Br)s2)o1. The predicted molar refractivity (Wildman–Crippen MR) is 87.0 cm³/mol. The van der Waals surface area contributed by atoms with E-state index in [0.717, 1.165) is 15.2 Å². The average Bonchev–Trinajstić information content (AvgIpc) is 3.06. The highest BCUT2D eigenvalue weighted by molar-refractivity contribution is 9.11. The molecular weight excluding hydrogens is 376 g/mol. The van der Waals surface area contributed by atoms with Gasteiger partial charge < -0.3 is 9.73 Å². The quantitative estimate of drug-likeness (QED) is 0.724. The van der Waals surface area contributed by atoms with E-state index in [0.29, 0.717) is 25.3 Å². The largest absolute Gasteiger partial charge is 0.447 e. The van der Waals surface area contributed by atoms with E-state index in [1.165, 1.54) is 6.07 Å². The Balaban J connectivity index is 1.90. The van der Waals surface area contributed by atoms with Crippen molar-refractivity contribution in [2.45, 2.75) is 25.0 Å². The lowest BCUT2D eigenvalue weighted by molar-refractivity contribution is 0.401. The number of thiophene rings is 1. The molecule has 0 aromatic carbocycles. The van der Waals surface area contributed by atoms with E-state index in [1.54, 1.807) is 17.4 Å². The highest BCUT2D eigenvalue weighted by Crippen LogP contribution is 2.22. The van der Waals surface area contributed by atoms with Crippen molar-refractivity contribution < 1.29 is 12.8 Å². The van der Waals surface area contributed by atoms with Crippen LogP contribution < -0.4 is 10.0 Å². The minimum Gasteiger partial charge on any atom is -0.447 e. The van der Waals surface area contributed by atoms with Gasteiger partial charge in [0.15, 0.2) is 0 Å². The molecule has 2 N–H and O–H groups in total. The molecule has 0 spiro atoms. The van der Waals surface area contributed by atoms with Gasteiger partial charge in [-0.3, -0.25) is 0 Å². The first-order valence-corrected chi connectivity index (χ1v) is 9.64. The van der Waals surface area contributed by atoms with E-state index in [-0.39, 0.29) is 5.09 Å². The normalized spacial score (nSPS) is 11.9. The van der Waals surface area contributed by atoms with Crippen molar-refractivity contribution in [2.24, 2.45) is 0 Å². The second-order valence-electron chi connectivity index (χ2n) is 4.35. The number of furan rings is 1. The first-order chi connectivity index (χ1) is 10.0. The summed E-state index contributed by atoms with van der Waals surface area (Å²) in [5.41, 5.74) is 0. The molecule has 0 radical (unpaired) electrons. The van der Waals surface area contributed by atoms with Crippen LogP contribution in [-0.4, -0.2) is 21.5 Å². The summed E-state index contributed by atoms with van der Waals surface area (Å²) in [6.07, 6.45) is 0.653. The van der Waals surface area contributed by atoms with E-state index in [4.69, 9.17) is 4.42 Å².